The maximum Gasteiger partial charge on any atom is 0.249 e. The van der Waals surface area contributed by atoms with Gasteiger partial charge >= 0.3 is 0 Å². The van der Waals surface area contributed by atoms with Crippen molar-refractivity contribution < 1.29 is 24.3 Å². The summed E-state index contributed by atoms with van der Waals surface area (Å²) >= 11 is 0. The number of likely N-dealkylation sites (tertiary alicyclic amines) is 2. The van der Waals surface area contributed by atoms with Crippen molar-refractivity contribution in [2.75, 3.05) is 33.3 Å². The highest BCUT2D eigenvalue weighted by atomic mass is 16.3. The number of nitrogens with zero attached hydrogens (tertiary/aromatic N) is 3. The number of hydrogen-bond acceptors (Lipinski definition) is 6. The smallest absolute Gasteiger partial charge is 0.249 e. The summed E-state index contributed by atoms with van der Waals surface area (Å²) in [5.41, 5.74) is -0.0278. The molecule has 4 amide bonds. The van der Waals surface area contributed by atoms with Crippen LogP contribution < -0.4 is 10.6 Å². The Morgan fingerprint density at radius 1 is 0.932 bits per heavy atom. The fourth-order valence-corrected chi connectivity index (χ4v) is 6.42. The van der Waals surface area contributed by atoms with Crippen molar-refractivity contribution in [1.29, 1.82) is 0 Å². The molecule has 10 nitrogen and oxygen atoms in total. The molecule has 2 aliphatic rings. The van der Waals surface area contributed by atoms with Gasteiger partial charge in [-0.3, -0.25) is 24.1 Å². The molecule has 0 aromatic carbocycles. The molecule has 0 aliphatic carbocycles. The molecule has 44 heavy (non-hydrogen) atoms. The summed E-state index contributed by atoms with van der Waals surface area (Å²) in [7, 11) is 1.75. The van der Waals surface area contributed by atoms with Gasteiger partial charge in [0.1, 0.15) is 12.1 Å². The van der Waals surface area contributed by atoms with Crippen LogP contribution in [0.5, 0.6) is 0 Å². The van der Waals surface area contributed by atoms with Crippen LogP contribution >= 0.6 is 0 Å². The van der Waals surface area contributed by atoms with Crippen molar-refractivity contribution in [2.45, 2.75) is 137 Å². The Hall–Kier alpha value is -2.46. The highest BCUT2D eigenvalue weighted by Crippen LogP contribution is 2.27. The summed E-state index contributed by atoms with van der Waals surface area (Å²) in [4.78, 5) is 59.7. The minimum absolute atomic E-state index is 0.00870. The zero-order valence-electron chi connectivity index (χ0n) is 28.9. The number of hydrogen-bond donors (Lipinski definition) is 3. The fraction of sp³-hybridized carbons (Fsp3) is 0.824. The molecule has 2 rings (SSSR count). The largest absolute Gasteiger partial charge is 0.396 e. The van der Waals surface area contributed by atoms with Crippen LogP contribution in [0.1, 0.15) is 107 Å². The molecule has 0 radical (unpaired) electrons. The van der Waals surface area contributed by atoms with E-state index in [0.717, 1.165) is 45.1 Å². The Balaban J connectivity index is 2.19. The topological polar surface area (TPSA) is 122 Å². The molecule has 2 saturated heterocycles. The summed E-state index contributed by atoms with van der Waals surface area (Å²) in [6, 6.07) is -1.63. The number of unbranched alkanes of at least 4 members (excludes halogenated alkanes) is 2. The van der Waals surface area contributed by atoms with Gasteiger partial charge < -0.3 is 25.5 Å². The number of aliphatic hydroxyl groups is 1. The lowest BCUT2D eigenvalue weighted by molar-refractivity contribution is -0.142. The van der Waals surface area contributed by atoms with E-state index < -0.39 is 17.5 Å². The second kappa shape index (κ2) is 17.3. The first-order valence-corrected chi connectivity index (χ1v) is 16.8. The van der Waals surface area contributed by atoms with E-state index in [-0.39, 0.29) is 54.3 Å². The van der Waals surface area contributed by atoms with Crippen molar-refractivity contribution >= 4 is 23.6 Å². The highest BCUT2D eigenvalue weighted by Gasteiger charge is 2.40. The molecule has 252 valence electrons. The third-order valence-electron chi connectivity index (χ3n) is 9.10. The molecule has 2 fully saturated rings. The SMILES string of the molecule is CC(=C[C@H](C(C)C)N(C)C(=O)[C@@H](NC(=O)C1CCCCN1C(C)C)C(C)(C)C)C(=O)N1CCC[C@H]1C(=O)NCCCCCO. The van der Waals surface area contributed by atoms with E-state index in [1.165, 1.54) is 0 Å². The first-order chi connectivity index (χ1) is 20.6. The molecular formula is C34H61N5O5. The number of aliphatic hydroxyl groups excluding tert-OH is 1. The molecule has 3 N–H and O–H groups in total. The summed E-state index contributed by atoms with van der Waals surface area (Å²) < 4.78 is 0. The maximum absolute atomic E-state index is 14.1. The minimum Gasteiger partial charge on any atom is -0.396 e. The zero-order valence-corrected chi connectivity index (χ0v) is 28.9. The van der Waals surface area contributed by atoms with Crippen molar-refractivity contribution in [3.63, 3.8) is 0 Å². The van der Waals surface area contributed by atoms with E-state index >= 15 is 0 Å². The Bertz CT molecular complexity index is 1000. The van der Waals surface area contributed by atoms with E-state index in [1.807, 2.05) is 40.7 Å². The molecule has 2 heterocycles. The highest BCUT2D eigenvalue weighted by molar-refractivity contribution is 5.97. The minimum atomic E-state index is -0.731. The Morgan fingerprint density at radius 3 is 2.18 bits per heavy atom. The Kier molecular flexibility index (Phi) is 14.8. The molecule has 0 saturated carbocycles. The zero-order chi connectivity index (χ0) is 33.2. The first kappa shape index (κ1) is 37.7. The van der Waals surface area contributed by atoms with E-state index in [4.69, 9.17) is 5.11 Å². The predicted molar refractivity (Wildman–Crippen MR) is 175 cm³/mol. The van der Waals surface area contributed by atoms with Gasteiger partial charge in [0.05, 0.1) is 12.1 Å². The lowest BCUT2D eigenvalue weighted by Crippen LogP contribution is -2.60. The van der Waals surface area contributed by atoms with Gasteiger partial charge in [-0.15, -0.1) is 0 Å². The van der Waals surface area contributed by atoms with Gasteiger partial charge in [-0.25, -0.2) is 0 Å². The second-order valence-corrected chi connectivity index (χ2v) is 14.4. The van der Waals surface area contributed by atoms with Crippen LogP contribution in [-0.2, 0) is 19.2 Å². The van der Waals surface area contributed by atoms with Crippen molar-refractivity contribution in [3.05, 3.63) is 11.6 Å². The van der Waals surface area contributed by atoms with E-state index in [2.05, 4.69) is 29.4 Å². The number of amides is 4. The first-order valence-electron chi connectivity index (χ1n) is 16.8. The van der Waals surface area contributed by atoms with Crippen LogP contribution in [-0.4, -0.2) is 107 Å². The van der Waals surface area contributed by atoms with Gasteiger partial charge in [-0.1, -0.05) is 47.1 Å². The fourth-order valence-electron chi connectivity index (χ4n) is 6.42. The number of likely N-dealkylation sites (N-methyl/N-ethyl adjacent to an activating group) is 1. The lowest BCUT2D eigenvalue weighted by Gasteiger charge is -2.41. The van der Waals surface area contributed by atoms with Crippen LogP contribution in [0, 0.1) is 11.3 Å². The van der Waals surface area contributed by atoms with Crippen LogP contribution in [0.15, 0.2) is 11.6 Å². The van der Waals surface area contributed by atoms with Crippen LogP contribution in [0.25, 0.3) is 0 Å². The van der Waals surface area contributed by atoms with Gasteiger partial charge in [-0.05, 0) is 83.6 Å². The maximum atomic E-state index is 14.1. The number of carbonyl (C=O) groups is 4. The average molecular weight is 620 g/mol. The normalized spacial score (nSPS) is 21.4. The number of carbonyl (C=O) groups excluding carboxylic acids is 4. The monoisotopic (exact) mass is 619 g/mol. The molecular weight excluding hydrogens is 558 g/mol. The molecule has 10 heteroatoms. The van der Waals surface area contributed by atoms with Gasteiger partial charge in [0.25, 0.3) is 0 Å². The van der Waals surface area contributed by atoms with Crippen LogP contribution in [0.3, 0.4) is 0 Å². The van der Waals surface area contributed by atoms with E-state index in [9.17, 15) is 19.2 Å². The number of rotatable bonds is 14. The van der Waals surface area contributed by atoms with E-state index in [1.54, 1.807) is 23.8 Å². The van der Waals surface area contributed by atoms with Gasteiger partial charge in [0.15, 0.2) is 0 Å². The van der Waals surface area contributed by atoms with Crippen LogP contribution in [0.4, 0.5) is 0 Å². The standard InChI is InChI=1S/C34H61N5O5/c1-23(2)28(22-25(5)32(43)39-20-15-17-26(39)30(41)35-18-12-10-14-21-40)37(9)33(44)29(34(6,7)8)36-31(42)27-16-11-13-19-38(27)24(3)4/h22-24,26-29,40H,10-21H2,1-9H3,(H,35,41)(H,36,42)/t26-,27?,28+,29+/m0/s1. The molecule has 0 bridgehead atoms. The quantitative estimate of drug-likeness (QED) is 0.202. The van der Waals surface area contributed by atoms with Crippen molar-refractivity contribution in [2.24, 2.45) is 11.3 Å². The Morgan fingerprint density at radius 2 is 1.59 bits per heavy atom. The third kappa shape index (κ3) is 10.3. The number of nitrogens with one attached hydrogen (secondary N) is 2. The number of piperidine rings is 1. The summed E-state index contributed by atoms with van der Waals surface area (Å²) in [6.45, 7) is 17.9. The molecule has 0 aromatic rings. The van der Waals surface area contributed by atoms with Crippen molar-refractivity contribution in [1.82, 2.24) is 25.3 Å². The van der Waals surface area contributed by atoms with Crippen LogP contribution in [0.2, 0.25) is 0 Å². The Labute approximate surface area is 266 Å². The predicted octanol–water partition coefficient (Wildman–Crippen LogP) is 3.48. The van der Waals surface area contributed by atoms with Gasteiger partial charge in [0, 0.05) is 38.4 Å². The third-order valence-corrected chi connectivity index (χ3v) is 9.10. The van der Waals surface area contributed by atoms with Gasteiger partial charge in [0.2, 0.25) is 23.6 Å². The lowest BCUT2D eigenvalue weighted by atomic mass is 9.84. The van der Waals surface area contributed by atoms with Crippen molar-refractivity contribution in [3.8, 4) is 0 Å². The summed E-state index contributed by atoms with van der Waals surface area (Å²) in [5, 5.41) is 15.0. The molecule has 0 aromatic heterocycles. The summed E-state index contributed by atoms with van der Waals surface area (Å²) in [5.74, 6) is -0.615. The molecule has 2 aliphatic heterocycles. The molecule has 4 atom stereocenters. The molecule has 1 unspecified atom stereocenters. The second-order valence-electron chi connectivity index (χ2n) is 14.4. The van der Waals surface area contributed by atoms with E-state index in [0.29, 0.717) is 31.5 Å². The molecule has 0 spiro atoms. The average Bonchev–Trinajstić information content (AvgIpc) is 3.46. The van der Waals surface area contributed by atoms with Gasteiger partial charge in [-0.2, -0.15) is 0 Å². The summed E-state index contributed by atoms with van der Waals surface area (Å²) in [6.07, 6.45) is 8.40.